The van der Waals surface area contributed by atoms with Crippen molar-refractivity contribution in [2.45, 2.75) is 37.6 Å². The molecule has 0 spiro atoms. The molecule has 0 bridgehead atoms. The van der Waals surface area contributed by atoms with Crippen molar-refractivity contribution in [3.05, 3.63) is 0 Å². The molecule has 0 aromatic carbocycles. The average molecular weight is 407 g/mol. The molecule has 3 rings (SSSR count). The van der Waals surface area contributed by atoms with Gasteiger partial charge in [-0.2, -0.15) is 13.2 Å². The van der Waals surface area contributed by atoms with Gasteiger partial charge in [-0.25, -0.2) is 0 Å². The van der Waals surface area contributed by atoms with Gasteiger partial charge < -0.3 is 14.5 Å². The number of carbonyl (C=O) groups is 1. The largest absolute Gasteiger partial charge is 0.406 e. The second-order valence-electron chi connectivity index (χ2n) is 6.94. The average Bonchev–Trinajstić information content (AvgIpc) is 3.02. The van der Waals surface area contributed by atoms with E-state index in [0.29, 0.717) is 45.3 Å². The van der Waals surface area contributed by atoms with Crippen molar-refractivity contribution in [2.75, 3.05) is 50.0 Å². The Hall–Kier alpha value is -1.49. The summed E-state index contributed by atoms with van der Waals surface area (Å²) in [5, 5.41) is 8.01. The number of anilines is 1. The third-order valence-electron chi connectivity index (χ3n) is 4.79. The van der Waals surface area contributed by atoms with Crippen LogP contribution in [0.3, 0.4) is 0 Å². The molecule has 1 aromatic heterocycles. The van der Waals surface area contributed by atoms with Gasteiger partial charge in [0.2, 0.25) is 11.9 Å². The lowest BCUT2D eigenvalue weighted by molar-refractivity contribution is -0.141. The number of hydrogen-bond acceptors (Lipinski definition) is 6. The number of morpholine rings is 1. The molecule has 2 fully saturated rings. The third kappa shape index (κ3) is 5.50. The fourth-order valence-corrected chi connectivity index (χ4v) is 4.01. The monoisotopic (exact) mass is 407 g/mol. The van der Waals surface area contributed by atoms with E-state index in [1.54, 1.807) is 9.80 Å². The molecule has 0 atom stereocenters. The summed E-state index contributed by atoms with van der Waals surface area (Å²) in [5.74, 6) is 0.777. The summed E-state index contributed by atoms with van der Waals surface area (Å²) in [6, 6.07) is 0. The lowest BCUT2D eigenvalue weighted by Crippen LogP contribution is -2.39. The number of aromatic nitrogens is 3. The van der Waals surface area contributed by atoms with Crippen molar-refractivity contribution in [1.82, 2.24) is 19.7 Å². The number of piperidine rings is 1. The predicted octanol–water partition coefficient (Wildman–Crippen LogP) is 2.03. The van der Waals surface area contributed by atoms with Crippen LogP contribution < -0.4 is 4.90 Å². The van der Waals surface area contributed by atoms with Crippen molar-refractivity contribution < 1.29 is 22.7 Å². The number of amides is 1. The van der Waals surface area contributed by atoms with E-state index in [2.05, 4.69) is 17.1 Å². The summed E-state index contributed by atoms with van der Waals surface area (Å²) in [6.45, 7) is 4.19. The zero-order valence-corrected chi connectivity index (χ0v) is 16.1. The Morgan fingerprint density at radius 3 is 2.48 bits per heavy atom. The number of thioether (sulfide) groups is 1. The van der Waals surface area contributed by atoms with Gasteiger partial charge in [-0.15, -0.1) is 10.2 Å². The second kappa shape index (κ2) is 8.68. The lowest BCUT2D eigenvalue weighted by atomic mass is 9.99. The second-order valence-corrected chi connectivity index (χ2v) is 7.88. The van der Waals surface area contributed by atoms with Crippen LogP contribution in [-0.4, -0.2) is 76.9 Å². The van der Waals surface area contributed by atoms with Gasteiger partial charge >= 0.3 is 6.18 Å². The third-order valence-corrected chi connectivity index (χ3v) is 5.74. The van der Waals surface area contributed by atoms with E-state index in [4.69, 9.17) is 4.74 Å². The number of alkyl halides is 3. The molecule has 0 N–H and O–H groups in total. The van der Waals surface area contributed by atoms with Gasteiger partial charge in [-0.05, 0) is 18.8 Å². The van der Waals surface area contributed by atoms with Crippen LogP contribution in [0.15, 0.2) is 5.16 Å². The number of carbonyl (C=O) groups excluding carboxylic acids is 1. The number of rotatable bonds is 5. The first kappa shape index (κ1) is 20.2. The van der Waals surface area contributed by atoms with Gasteiger partial charge in [0, 0.05) is 26.2 Å². The molecule has 1 aromatic rings. The molecular weight excluding hydrogens is 383 g/mol. The first-order valence-corrected chi connectivity index (χ1v) is 10.1. The van der Waals surface area contributed by atoms with Crippen molar-refractivity contribution in [3.8, 4) is 0 Å². The highest BCUT2D eigenvalue weighted by molar-refractivity contribution is 7.99. The van der Waals surface area contributed by atoms with Gasteiger partial charge in [0.25, 0.3) is 0 Å². The normalized spacial score (nSPS) is 19.6. The standard InChI is InChI=1S/C16H24F3N5O2S/c1-12-2-4-22(5-3-12)13(25)10-27-15-21-20-14(23-6-8-26-9-7-23)24(15)11-16(17,18)19/h12H,2-11H2,1H3. The fourth-order valence-electron chi connectivity index (χ4n) is 3.18. The van der Waals surface area contributed by atoms with E-state index in [1.165, 1.54) is 0 Å². The van der Waals surface area contributed by atoms with E-state index in [1.807, 2.05) is 0 Å². The van der Waals surface area contributed by atoms with E-state index < -0.39 is 12.7 Å². The zero-order valence-electron chi connectivity index (χ0n) is 15.2. The summed E-state index contributed by atoms with van der Waals surface area (Å²) < 4.78 is 45.5. The number of nitrogens with zero attached hydrogens (tertiary/aromatic N) is 5. The fraction of sp³-hybridized carbons (Fsp3) is 0.812. The Kier molecular flexibility index (Phi) is 6.51. The Morgan fingerprint density at radius 2 is 1.85 bits per heavy atom. The summed E-state index contributed by atoms with van der Waals surface area (Å²) in [6.07, 6.45) is -2.48. The highest BCUT2D eigenvalue weighted by Gasteiger charge is 2.33. The van der Waals surface area contributed by atoms with Crippen LogP contribution in [0.4, 0.5) is 19.1 Å². The van der Waals surface area contributed by atoms with E-state index in [0.717, 1.165) is 29.2 Å². The molecule has 0 radical (unpaired) electrons. The first-order valence-electron chi connectivity index (χ1n) is 9.06. The van der Waals surface area contributed by atoms with E-state index in [-0.39, 0.29) is 22.8 Å². The molecule has 0 aliphatic carbocycles. The van der Waals surface area contributed by atoms with Gasteiger partial charge in [0.15, 0.2) is 5.16 Å². The molecule has 0 saturated carbocycles. The molecule has 3 heterocycles. The number of ether oxygens (including phenoxy) is 1. The highest BCUT2D eigenvalue weighted by Crippen LogP contribution is 2.28. The minimum atomic E-state index is -4.40. The molecule has 27 heavy (non-hydrogen) atoms. The minimum Gasteiger partial charge on any atom is -0.378 e. The van der Waals surface area contributed by atoms with Gasteiger partial charge in [0.05, 0.1) is 19.0 Å². The maximum atomic E-state index is 13.1. The number of likely N-dealkylation sites (tertiary alicyclic amines) is 1. The smallest absolute Gasteiger partial charge is 0.378 e. The molecule has 152 valence electrons. The Morgan fingerprint density at radius 1 is 1.19 bits per heavy atom. The molecule has 2 aliphatic rings. The summed E-state index contributed by atoms with van der Waals surface area (Å²) >= 11 is 1.02. The van der Waals surface area contributed by atoms with Crippen molar-refractivity contribution in [3.63, 3.8) is 0 Å². The molecular formula is C16H24F3N5O2S. The highest BCUT2D eigenvalue weighted by atomic mass is 32.2. The van der Waals surface area contributed by atoms with E-state index in [9.17, 15) is 18.0 Å². The topological polar surface area (TPSA) is 63.5 Å². The number of hydrogen-bond donors (Lipinski definition) is 0. The summed E-state index contributed by atoms with van der Waals surface area (Å²) in [5.41, 5.74) is 0. The van der Waals surface area contributed by atoms with Crippen LogP contribution in [0.1, 0.15) is 19.8 Å². The Labute approximate surface area is 160 Å². The van der Waals surface area contributed by atoms with Gasteiger partial charge in [-0.3, -0.25) is 9.36 Å². The van der Waals surface area contributed by atoms with Crippen LogP contribution in [-0.2, 0) is 16.1 Å². The maximum absolute atomic E-state index is 13.1. The van der Waals surface area contributed by atoms with Crippen LogP contribution in [0.2, 0.25) is 0 Å². The van der Waals surface area contributed by atoms with Gasteiger partial charge in [-0.1, -0.05) is 18.7 Å². The van der Waals surface area contributed by atoms with E-state index >= 15 is 0 Å². The van der Waals surface area contributed by atoms with Crippen molar-refractivity contribution in [1.29, 1.82) is 0 Å². The van der Waals surface area contributed by atoms with Crippen LogP contribution >= 0.6 is 11.8 Å². The molecule has 1 amide bonds. The minimum absolute atomic E-state index is 0.0630. The molecule has 7 nitrogen and oxygen atoms in total. The molecule has 2 saturated heterocycles. The molecule has 0 unspecified atom stereocenters. The van der Waals surface area contributed by atoms with Crippen LogP contribution in [0, 0.1) is 5.92 Å². The Bertz CT molecular complexity index is 640. The quantitative estimate of drug-likeness (QED) is 0.696. The van der Waals surface area contributed by atoms with Crippen LogP contribution in [0.25, 0.3) is 0 Å². The molecule has 11 heteroatoms. The zero-order chi connectivity index (χ0) is 19.4. The van der Waals surface area contributed by atoms with Crippen molar-refractivity contribution >= 4 is 23.6 Å². The molecule has 2 aliphatic heterocycles. The Balaban J connectivity index is 1.68. The van der Waals surface area contributed by atoms with Crippen LogP contribution in [0.5, 0.6) is 0 Å². The van der Waals surface area contributed by atoms with Gasteiger partial charge in [0.1, 0.15) is 6.54 Å². The SMILES string of the molecule is CC1CCN(C(=O)CSc2nnc(N3CCOCC3)n2CC(F)(F)F)CC1. The summed E-state index contributed by atoms with van der Waals surface area (Å²) in [7, 11) is 0. The summed E-state index contributed by atoms with van der Waals surface area (Å²) in [4.78, 5) is 15.9. The lowest BCUT2D eigenvalue weighted by Gasteiger charge is -2.30. The van der Waals surface area contributed by atoms with Crippen molar-refractivity contribution in [2.24, 2.45) is 5.92 Å². The predicted molar refractivity (Wildman–Crippen MR) is 94.8 cm³/mol. The number of halogens is 3. The maximum Gasteiger partial charge on any atom is 0.406 e. The first-order chi connectivity index (χ1) is 12.8.